The lowest BCUT2D eigenvalue weighted by molar-refractivity contribution is -0.140. The SMILES string of the molecule is CSCC[C@H](NC=O)C(=O)N[C@H](COCN[C@@H](Cc1ccccc1)C(=O)O)CC(C)C. The van der Waals surface area contributed by atoms with Crippen molar-refractivity contribution in [1.82, 2.24) is 16.0 Å². The van der Waals surface area contributed by atoms with Crippen molar-refractivity contribution in [2.75, 3.05) is 25.3 Å². The van der Waals surface area contributed by atoms with E-state index in [-0.39, 0.29) is 25.3 Å². The van der Waals surface area contributed by atoms with Crippen molar-refractivity contribution in [3.8, 4) is 0 Å². The van der Waals surface area contributed by atoms with Gasteiger partial charge in [-0.25, -0.2) is 0 Å². The third-order valence-corrected chi connectivity index (χ3v) is 5.27. The predicted molar refractivity (Wildman–Crippen MR) is 123 cm³/mol. The molecular weight excluding hydrogens is 418 g/mol. The van der Waals surface area contributed by atoms with Gasteiger partial charge < -0.3 is 20.5 Å². The highest BCUT2D eigenvalue weighted by atomic mass is 32.2. The van der Waals surface area contributed by atoms with Crippen LogP contribution < -0.4 is 16.0 Å². The van der Waals surface area contributed by atoms with Gasteiger partial charge in [-0.3, -0.25) is 19.7 Å². The number of nitrogens with one attached hydrogen (secondary N) is 3. The zero-order chi connectivity index (χ0) is 23.1. The van der Waals surface area contributed by atoms with E-state index in [0.29, 0.717) is 31.6 Å². The molecule has 0 aliphatic heterocycles. The lowest BCUT2D eigenvalue weighted by Gasteiger charge is -2.24. The largest absolute Gasteiger partial charge is 0.480 e. The molecule has 2 amide bonds. The second-order valence-corrected chi connectivity index (χ2v) is 8.74. The number of carbonyl (C=O) groups excluding carboxylic acids is 2. The van der Waals surface area contributed by atoms with Crippen LogP contribution in [0.1, 0.15) is 32.3 Å². The summed E-state index contributed by atoms with van der Waals surface area (Å²) in [6, 6.07) is 7.80. The van der Waals surface area contributed by atoms with Crippen LogP contribution in [0.25, 0.3) is 0 Å². The lowest BCUT2D eigenvalue weighted by Crippen LogP contribution is -2.49. The molecule has 0 aliphatic rings. The maximum absolute atomic E-state index is 12.6. The van der Waals surface area contributed by atoms with Crippen LogP contribution in [0.3, 0.4) is 0 Å². The molecule has 0 heterocycles. The van der Waals surface area contributed by atoms with Crippen LogP contribution >= 0.6 is 11.8 Å². The highest BCUT2D eigenvalue weighted by Gasteiger charge is 2.22. The second kappa shape index (κ2) is 15.7. The molecule has 31 heavy (non-hydrogen) atoms. The van der Waals surface area contributed by atoms with Crippen LogP contribution in [0.2, 0.25) is 0 Å². The number of ether oxygens (including phenoxy) is 1. The Hall–Kier alpha value is -2.10. The van der Waals surface area contributed by atoms with E-state index in [1.807, 2.05) is 50.4 Å². The van der Waals surface area contributed by atoms with E-state index in [1.165, 1.54) is 0 Å². The summed E-state index contributed by atoms with van der Waals surface area (Å²) in [5.74, 6) is -0.103. The number of aliphatic carboxylic acids is 1. The Morgan fingerprint density at radius 3 is 2.48 bits per heavy atom. The average molecular weight is 454 g/mol. The number of carbonyl (C=O) groups is 3. The normalized spacial score (nSPS) is 13.9. The van der Waals surface area contributed by atoms with Crippen molar-refractivity contribution < 1.29 is 24.2 Å². The topological polar surface area (TPSA) is 117 Å². The highest BCUT2D eigenvalue weighted by Crippen LogP contribution is 2.08. The summed E-state index contributed by atoms with van der Waals surface area (Å²) in [6.07, 6.45) is 4.08. The van der Waals surface area contributed by atoms with Gasteiger partial charge in [-0.15, -0.1) is 0 Å². The molecule has 4 N–H and O–H groups in total. The Kier molecular flexibility index (Phi) is 13.6. The van der Waals surface area contributed by atoms with Crippen molar-refractivity contribution in [2.24, 2.45) is 5.92 Å². The number of benzene rings is 1. The Labute approximate surface area is 188 Å². The second-order valence-electron chi connectivity index (χ2n) is 7.75. The van der Waals surface area contributed by atoms with E-state index >= 15 is 0 Å². The maximum Gasteiger partial charge on any atom is 0.321 e. The maximum atomic E-state index is 12.6. The summed E-state index contributed by atoms with van der Waals surface area (Å²) in [4.78, 5) is 34.9. The molecule has 1 rings (SSSR count). The van der Waals surface area contributed by atoms with Gasteiger partial charge in [-0.2, -0.15) is 11.8 Å². The van der Waals surface area contributed by atoms with Crippen LogP contribution in [-0.4, -0.2) is 66.9 Å². The van der Waals surface area contributed by atoms with E-state index in [4.69, 9.17) is 4.74 Å². The molecule has 1 aromatic rings. The molecule has 0 saturated carbocycles. The summed E-state index contributed by atoms with van der Waals surface area (Å²) in [6.45, 7) is 4.39. The molecule has 0 aromatic heterocycles. The molecule has 9 heteroatoms. The van der Waals surface area contributed by atoms with Gasteiger partial charge in [0.1, 0.15) is 12.1 Å². The van der Waals surface area contributed by atoms with Crippen LogP contribution in [0.15, 0.2) is 30.3 Å². The monoisotopic (exact) mass is 453 g/mol. The number of hydrogen-bond acceptors (Lipinski definition) is 6. The van der Waals surface area contributed by atoms with Gasteiger partial charge in [0.2, 0.25) is 12.3 Å². The van der Waals surface area contributed by atoms with E-state index in [0.717, 1.165) is 11.3 Å². The first-order chi connectivity index (χ1) is 14.9. The summed E-state index contributed by atoms with van der Waals surface area (Å²) in [5, 5.41) is 17.9. The Bertz CT molecular complexity index is 660. The summed E-state index contributed by atoms with van der Waals surface area (Å²) in [5.41, 5.74) is 0.923. The molecule has 0 unspecified atom stereocenters. The van der Waals surface area contributed by atoms with E-state index in [9.17, 15) is 19.5 Å². The van der Waals surface area contributed by atoms with Crippen LogP contribution in [0, 0.1) is 5.92 Å². The molecule has 0 saturated heterocycles. The van der Waals surface area contributed by atoms with Gasteiger partial charge in [0.15, 0.2) is 0 Å². The number of hydrogen-bond donors (Lipinski definition) is 4. The fourth-order valence-electron chi connectivity index (χ4n) is 3.10. The minimum absolute atomic E-state index is 0.0523. The number of rotatable bonds is 17. The molecule has 0 aliphatic carbocycles. The molecule has 3 atom stereocenters. The number of amides is 2. The van der Waals surface area contributed by atoms with E-state index in [2.05, 4.69) is 16.0 Å². The third-order valence-electron chi connectivity index (χ3n) is 4.63. The number of carboxylic acid groups (broad SMARTS) is 1. The van der Waals surface area contributed by atoms with Crippen LogP contribution in [-0.2, 0) is 25.5 Å². The zero-order valence-corrected chi connectivity index (χ0v) is 19.3. The van der Waals surface area contributed by atoms with Crippen LogP contribution in [0.4, 0.5) is 0 Å². The highest BCUT2D eigenvalue weighted by molar-refractivity contribution is 7.98. The van der Waals surface area contributed by atoms with Crippen LogP contribution in [0.5, 0.6) is 0 Å². The molecular formula is C22H35N3O5S. The molecule has 0 radical (unpaired) electrons. The summed E-state index contributed by atoms with van der Waals surface area (Å²) < 4.78 is 5.65. The van der Waals surface area contributed by atoms with Gasteiger partial charge in [-0.1, -0.05) is 44.2 Å². The fraction of sp³-hybridized carbons (Fsp3) is 0.591. The van der Waals surface area contributed by atoms with Gasteiger partial charge in [0.25, 0.3) is 0 Å². The van der Waals surface area contributed by atoms with Crippen molar-refractivity contribution in [2.45, 2.75) is 51.2 Å². The minimum Gasteiger partial charge on any atom is -0.480 e. The summed E-state index contributed by atoms with van der Waals surface area (Å²) in [7, 11) is 0. The Balaban J connectivity index is 2.55. The Morgan fingerprint density at radius 2 is 1.90 bits per heavy atom. The van der Waals surface area contributed by atoms with Crippen molar-refractivity contribution in [1.29, 1.82) is 0 Å². The van der Waals surface area contributed by atoms with Gasteiger partial charge in [-0.05, 0) is 42.8 Å². The van der Waals surface area contributed by atoms with E-state index < -0.39 is 18.1 Å². The molecule has 0 spiro atoms. The fourth-order valence-corrected chi connectivity index (χ4v) is 3.58. The molecule has 0 bridgehead atoms. The van der Waals surface area contributed by atoms with Gasteiger partial charge >= 0.3 is 5.97 Å². The van der Waals surface area contributed by atoms with Gasteiger partial charge in [0.05, 0.1) is 19.4 Å². The molecule has 1 aromatic carbocycles. The first-order valence-corrected chi connectivity index (χ1v) is 11.8. The van der Waals surface area contributed by atoms with Gasteiger partial charge in [0, 0.05) is 0 Å². The first kappa shape index (κ1) is 26.9. The first-order valence-electron chi connectivity index (χ1n) is 10.4. The third kappa shape index (κ3) is 11.8. The Morgan fingerprint density at radius 1 is 1.19 bits per heavy atom. The van der Waals surface area contributed by atoms with Crippen molar-refractivity contribution in [3.63, 3.8) is 0 Å². The van der Waals surface area contributed by atoms with E-state index in [1.54, 1.807) is 11.8 Å². The molecule has 0 fully saturated rings. The lowest BCUT2D eigenvalue weighted by atomic mass is 10.0. The summed E-state index contributed by atoms with van der Waals surface area (Å²) >= 11 is 1.61. The standard InChI is InChI=1S/C22H35N3O5S/c1-16(2)11-18(25-21(27)19(23-14-26)9-10-31-3)13-30-15-24-20(22(28)29)12-17-7-5-4-6-8-17/h4-8,14,16,18-20,24H,9-13,15H2,1-3H3,(H,23,26)(H,25,27)(H,28,29)/t18-,19-,20-/m0/s1. The number of thioether (sulfide) groups is 1. The molecule has 174 valence electrons. The van der Waals surface area contributed by atoms with Crippen molar-refractivity contribution in [3.05, 3.63) is 35.9 Å². The minimum atomic E-state index is -0.948. The smallest absolute Gasteiger partial charge is 0.321 e. The average Bonchev–Trinajstić information content (AvgIpc) is 2.73. The molecule has 8 nitrogen and oxygen atoms in total. The van der Waals surface area contributed by atoms with Crippen molar-refractivity contribution >= 4 is 30.0 Å². The number of carboxylic acids is 1. The predicted octanol–water partition coefficient (Wildman–Crippen LogP) is 1.64. The zero-order valence-electron chi connectivity index (χ0n) is 18.5. The quantitative estimate of drug-likeness (QED) is 0.161.